The van der Waals surface area contributed by atoms with Crippen molar-refractivity contribution in [2.75, 3.05) is 7.11 Å². The second-order valence-corrected chi connectivity index (χ2v) is 28.3. The molecule has 26 heteroatoms. The number of alkyl carbamates (subject to hydrolysis) is 1. The summed E-state index contributed by atoms with van der Waals surface area (Å²) in [6, 6.07) is -1.02. The molecule has 0 aromatic carbocycles. The minimum absolute atomic E-state index is 0.00628. The predicted octanol–water partition coefficient (Wildman–Crippen LogP) is 4.86. The van der Waals surface area contributed by atoms with Crippen LogP contribution in [0.5, 0.6) is 0 Å². The Labute approximate surface area is 543 Å². The average molecular weight is 1320 g/mol. The summed E-state index contributed by atoms with van der Waals surface area (Å²) in [5.74, 6) is -6.38. The number of amides is 1. The number of hydrogen-bond acceptors (Lipinski definition) is 24. The van der Waals surface area contributed by atoms with Crippen LogP contribution in [0.3, 0.4) is 0 Å². The van der Waals surface area contributed by atoms with Gasteiger partial charge in [-0.3, -0.25) is 14.4 Å². The van der Waals surface area contributed by atoms with E-state index >= 15 is 4.79 Å². The first-order chi connectivity index (χ1) is 43.9. The first-order valence-corrected chi connectivity index (χ1v) is 33.2. The number of methoxy groups -OCH3 is 1. The fourth-order valence-corrected chi connectivity index (χ4v) is 17.0. The van der Waals surface area contributed by atoms with Gasteiger partial charge < -0.3 is 92.5 Å². The molecule has 1 unspecified atom stereocenters. The number of carbonyl (C=O) groups excluding carboxylic acids is 5. The van der Waals surface area contributed by atoms with Crippen molar-refractivity contribution in [1.29, 1.82) is 0 Å². The molecule has 7 N–H and O–H groups in total. The van der Waals surface area contributed by atoms with Crippen molar-refractivity contribution < 1.29 is 116 Å². The number of allylic oxidation sites excluding steroid dienone is 3. The number of quaternary nitrogens is 1. The Bertz CT molecular complexity index is 2900. The van der Waals surface area contributed by atoms with Gasteiger partial charge in [-0.25, -0.2) is 20.0 Å². The topological polar surface area (TPSA) is 346 Å². The van der Waals surface area contributed by atoms with E-state index in [9.17, 15) is 50.0 Å². The summed E-state index contributed by atoms with van der Waals surface area (Å²) >= 11 is 0. The van der Waals surface area contributed by atoms with E-state index < -0.39 is 210 Å². The summed E-state index contributed by atoms with van der Waals surface area (Å²) in [7, 11) is 1.17. The lowest BCUT2D eigenvalue weighted by Gasteiger charge is -2.56. The molecule has 2 bridgehead atoms. The lowest BCUT2D eigenvalue weighted by molar-refractivity contribution is -1.09. The van der Waals surface area contributed by atoms with Crippen molar-refractivity contribution in [1.82, 2.24) is 5.32 Å². The number of aldehydes is 1. The first-order valence-electron chi connectivity index (χ1n) is 33.2. The highest BCUT2D eigenvalue weighted by Crippen LogP contribution is 2.61. The Hall–Kier alpha value is -4.59. The zero-order valence-corrected chi connectivity index (χ0v) is 55.5. The fraction of sp³-hybridized carbons (Fsp3) is 0.776. The highest BCUT2D eigenvalue weighted by molar-refractivity contribution is 6.26. The van der Waals surface area contributed by atoms with Gasteiger partial charge in [-0.15, -0.1) is 0 Å². The summed E-state index contributed by atoms with van der Waals surface area (Å²) in [6.45, 7) is 21.2. The molecule has 1 saturated carbocycles. The summed E-state index contributed by atoms with van der Waals surface area (Å²) < 4.78 is 81.7. The summed E-state index contributed by atoms with van der Waals surface area (Å²) in [5, 5.41) is 71.7. The minimum Gasteiger partial charge on any atom is -0.600 e. The van der Waals surface area contributed by atoms with Crippen LogP contribution in [0.4, 0.5) is 4.79 Å². The van der Waals surface area contributed by atoms with Crippen LogP contribution in [0.2, 0.25) is 0 Å². The van der Waals surface area contributed by atoms with Gasteiger partial charge in [0, 0.05) is 56.3 Å². The van der Waals surface area contributed by atoms with E-state index in [1.807, 2.05) is 39.8 Å². The zero-order valence-electron chi connectivity index (χ0n) is 55.5. The van der Waals surface area contributed by atoms with Crippen LogP contribution in [0.25, 0.3) is 0 Å². The number of nitrogens with one attached hydrogen (secondary N) is 2. The molecule has 1 amide bonds. The predicted molar refractivity (Wildman–Crippen MR) is 324 cm³/mol. The molecule has 26 nitrogen and oxygen atoms in total. The number of ketones is 1. The first kappa shape index (κ1) is 71.2. The second-order valence-electron chi connectivity index (χ2n) is 28.3. The molecule has 93 heavy (non-hydrogen) atoms. The quantitative estimate of drug-likeness (QED) is 0.0305. The molecule has 0 aromatic heterocycles. The van der Waals surface area contributed by atoms with Crippen molar-refractivity contribution in [3.8, 4) is 0 Å². The molecule has 7 fully saturated rings. The number of Topliss-reactive ketones (excluding diaryl/α,β-unsaturated/α-hetero) is 1. The van der Waals surface area contributed by atoms with E-state index in [1.165, 1.54) is 27.0 Å². The molecule has 6 saturated heterocycles. The third-order valence-electron chi connectivity index (χ3n) is 21.8. The number of fused-ring (bicyclic) bond motifs is 4. The van der Waals surface area contributed by atoms with Crippen molar-refractivity contribution in [2.24, 2.45) is 40.9 Å². The minimum atomic E-state index is -2.19. The van der Waals surface area contributed by atoms with E-state index in [0.29, 0.717) is 44.0 Å². The molecular weight excluding hydrogens is 1220 g/mol. The maximum absolute atomic E-state index is 15.6. The van der Waals surface area contributed by atoms with Gasteiger partial charge in [-0.2, -0.15) is 0 Å². The molecule has 10 aliphatic rings. The van der Waals surface area contributed by atoms with Gasteiger partial charge in [0.05, 0.1) is 86.6 Å². The van der Waals surface area contributed by atoms with Crippen LogP contribution in [0.15, 0.2) is 58.4 Å². The molecule has 520 valence electrons. The molecule has 30 atom stereocenters. The molecule has 10 rings (SSSR count). The molecule has 4 aliphatic carbocycles. The van der Waals surface area contributed by atoms with Crippen molar-refractivity contribution in [2.45, 2.75) is 281 Å². The third-order valence-corrected chi connectivity index (χ3v) is 21.8. The molecule has 0 radical (unpaired) electrons. The van der Waals surface area contributed by atoms with E-state index in [4.69, 9.17) is 61.6 Å². The van der Waals surface area contributed by atoms with Crippen LogP contribution in [0, 0.1) is 46.1 Å². The molecule has 6 aliphatic heterocycles. The number of ether oxygens (including phenoxy) is 13. The van der Waals surface area contributed by atoms with E-state index in [0.717, 1.165) is 5.57 Å². The summed E-state index contributed by atoms with van der Waals surface area (Å²) in [4.78, 5) is 68.1. The van der Waals surface area contributed by atoms with Crippen molar-refractivity contribution in [3.05, 3.63) is 63.6 Å². The Balaban J connectivity index is 0.903. The number of esters is 2. The summed E-state index contributed by atoms with van der Waals surface area (Å²) in [5.41, 5.74) is -4.64. The number of hydroxylamine groups is 2. The van der Waals surface area contributed by atoms with Crippen LogP contribution in [-0.2, 0) is 80.8 Å². The van der Waals surface area contributed by atoms with Crippen LogP contribution >= 0.6 is 0 Å². The largest absolute Gasteiger partial charge is 0.600 e. The van der Waals surface area contributed by atoms with E-state index in [-0.39, 0.29) is 43.1 Å². The normalized spacial score (nSPS) is 47.8. The van der Waals surface area contributed by atoms with Crippen LogP contribution in [-0.4, -0.2) is 197 Å². The standard InChI is InChI=1S/C67H98N2O24/c1-30-14-18-47(88-54-28-65(11,69(79)80)60(38(9)86-54)68-64(78)81-13)31(2)23-43-45(73)24-40(29-70)27-67(43)62(76)55(63(77)93-67)61(75)66(12)42(30)16-15-41-56(66)32(3)22-33(4)57(41)92-53-26-49(59(37(8)85-53)87-39(10)71)90-50-21-19-48(35(6)83-50)89-52-25-46(74)58(36(7)84-52)91-51-20-17-44(72)34(5)82-51/h14-16,23-24,29,32-38,41-54,56-60,69,72-75,79H,17-22,25-28H2,1-13H3,(H,68,78)/b30-14+,31-23+,61-55?/t32-,33-,34+,35+,36+,37-,38-,41+,42+,43-,44-,45-,46+,47+,48+,49-,50+,51-,52+,53+,54-,56+,57-,58+,59-,60+,65+,66-,67-/m1/s1. The number of aliphatic hydroxyl groups is 4. The molecule has 1 spiro atoms. The van der Waals surface area contributed by atoms with Crippen molar-refractivity contribution >= 4 is 30.1 Å². The van der Waals surface area contributed by atoms with Crippen LogP contribution < -0.4 is 10.5 Å². The monoisotopic (exact) mass is 1310 g/mol. The smallest absolute Gasteiger partial charge is 0.407 e. The SMILES string of the molecule is COC(=O)N[C@H]1[C@@H](C)O[C@H](O[C@H]2C/C=C(\C)[C@@H]3C=C[C@@H]4[C@H](O[C@H]5C[C@@H](O[C@H]6CC[C@H](O[C@H]7C[C@H](O)[C@@H](O[C@@H]8CC[C@@H](O)[C@H](C)O8)[C@H](C)O7)[C@H](C)O6)[C@H](OC(C)=O)[C@@H](C)O5)[C@H](C)C[C@@H](C)[C@@H]4[C@]3(C)C(O)=C3C(=O)O[C@@]4(CC(C=O)=C[C@@H](O)[C@H]4/C=C/2C)C3=O)C[C@]1(C)[NH+]([O-])O. The van der Waals surface area contributed by atoms with E-state index in [2.05, 4.69) is 25.2 Å². The Morgan fingerprint density at radius 3 is 2.01 bits per heavy atom. The molecule has 6 heterocycles. The van der Waals surface area contributed by atoms with Gasteiger partial charge in [0.1, 0.15) is 35.9 Å². The van der Waals surface area contributed by atoms with E-state index in [1.54, 1.807) is 33.8 Å². The van der Waals surface area contributed by atoms with Crippen molar-refractivity contribution in [3.63, 3.8) is 0 Å². The zero-order chi connectivity index (χ0) is 67.5. The lowest BCUT2D eigenvalue weighted by atomic mass is 9.49. The Morgan fingerprint density at radius 2 is 1.35 bits per heavy atom. The number of rotatable bonds is 14. The third kappa shape index (κ3) is 14.1. The molecular formula is C67H98N2O24. The second kappa shape index (κ2) is 28.5. The highest BCUT2D eigenvalue weighted by atomic mass is 16.8. The number of hydrogen-bond donors (Lipinski definition) is 7. The van der Waals surface area contributed by atoms with Crippen LogP contribution in [0.1, 0.15) is 147 Å². The Morgan fingerprint density at radius 1 is 0.720 bits per heavy atom. The number of carbonyl (C=O) groups is 5. The summed E-state index contributed by atoms with van der Waals surface area (Å²) in [6.07, 6.45) is -3.74. The maximum atomic E-state index is 15.6. The van der Waals surface area contributed by atoms with Gasteiger partial charge in [0.15, 0.2) is 48.7 Å². The lowest BCUT2D eigenvalue weighted by Crippen LogP contribution is -3.17. The maximum Gasteiger partial charge on any atom is 0.407 e. The molecule has 0 aromatic rings. The van der Waals surface area contributed by atoms with Gasteiger partial charge >= 0.3 is 18.0 Å². The highest BCUT2D eigenvalue weighted by Gasteiger charge is 2.65. The van der Waals surface area contributed by atoms with Gasteiger partial charge in [-0.1, -0.05) is 50.6 Å². The fourth-order valence-electron chi connectivity index (χ4n) is 17.0. The number of aliphatic hydroxyl groups excluding tert-OH is 4. The van der Waals surface area contributed by atoms with Gasteiger partial charge in [0.2, 0.25) is 5.78 Å². The van der Waals surface area contributed by atoms with Gasteiger partial charge in [-0.05, 0) is 116 Å². The average Bonchev–Trinajstić information content (AvgIpc) is 1.68. The Kier molecular flexibility index (Phi) is 21.8. The van der Waals surface area contributed by atoms with Gasteiger partial charge in [0.25, 0.3) is 0 Å².